The first-order valence-electron chi connectivity index (χ1n) is 22.0. The molecule has 0 aliphatic rings. The second-order valence-electron chi connectivity index (χ2n) is 16.8. The molecule has 0 bridgehead atoms. The van der Waals surface area contributed by atoms with Gasteiger partial charge in [-0.2, -0.15) is 0 Å². The first-order valence-corrected chi connectivity index (χ1v) is 22.8. The van der Waals surface area contributed by atoms with Crippen molar-refractivity contribution in [3.05, 3.63) is 212 Å². The van der Waals surface area contributed by atoms with Crippen molar-refractivity contribution in [1.29, 1.82) is 0 Å². The van der Waals surface area contributed by atoms with Crippen LogP contribution in [0.5, 0.6) is 0 Å². The predicted molar refractivity (Wildman–Crippen MR) is 273 cm³/mol. The monoisotopic (exact) mass is 845 g/mol. The molecule has 0 saturated heterocycles. The molecule has 5 heteroatoms. The highest BCUT2D eigenvalue weighted by Crippen LogP contribution is 2.51. The van der Waals surface area contributed by atoms with Crippen molar-refractivity contribution in [1.82, 2.24) is 14.5 Å². The molecular weight excluding hydrogens is 811 g/mol. The van der Waals surface area contributed by atoms with Crippen molar-refractivity contribution in [2.75, 3.05) is 0 Å². The van der Waals surface area contributed by atoms with Gasteiger partial charge in [-0.15, -0.1) is 11.3 Å². The topological polar surface area (TPSA) is 43.9 Å². The van der Waals surface area contributed by atoms with Gasteiger partial charge in [-0.3, -0.25) is 0 Å². The third-order valence-corrected chi connectivity index (χ3v) is 14.4. The molecule has 0 atom stereocenters. The highest BCUT2D eigenvalue weighted by molar-refractivity contribution is 7.26. The maximum Gasteiger partial charge on any atom is 0.159 e. The zero-order valence-corrected chi connectivity index (χ0v) is 35.7. The Bertz CT molecular complexity index is 4220. The summed E-state index contributed by atoms with van der Waals surface area (Å²) < 4.78 is 11.9. The van der Waals surface area contributed by atoms with E-state index < -0.39 is 0 Å². The van der Waals surface area contributed by atoms with Gasteiger partial charge in [0.25, 0.3) is 0 Å². The van der Waals surface area contributed by atoms with Crippen LogP contribution in [-0.4, -0.2) is 14.5 Å². The SMILES string of the molecule is c1ccc(-c2cnc(-c3ccc(-n4c5ccccc5c5c(-c6cccc7oc8c9ccccc9c9ccccc9c8c67)cc6sc7ccccc7c6c54)cc3)nc2-c2ccccc2)cc1. The van der Waals surface area contributed by atoms with Crippen molar-refractivity contribution in [3.8, 4) is 50.6 Å². The van der Waals surface area contributed by atoms with Crippen molar-refractivity contribution in [2.24, 2.45) is 0 Å². The van der Waals surface area contributed by atoms with Crippen LogP contribution in [0.3, 0.4) is 0 Å². The zero-order chi connectivity index (χ0) is 42.6. The van der Waals surface area contributed by atoms with Crippen LogP contribution in [-0.2, 0) is 0 Å². The van der Waals surface area contributed by atoms with E-state index in [9.17, 15) is 0 Å². The summed E-state index contributed by atoms with van der Waals surface area (Å²) in [6.45, 7) is 0. The van der Waals surface area contributed by atoms with E-state index in [2.05, 4.69) is 199 Å². The summed E-state index contributed by atoms with van der Waals surface area (Å²) in [6, 6.07) is 73.7. The van der Waals surface area contributed by atoms with Gasteiger partial charge in [-0.25, -0.2) is 9.97 Å². The van der Waals surface area contributed by atoms with Crippen LogP contribution in [0.15, 0.2) is 217 Å². The molecule has 10 aromatic carbocycles. The van der Waals surface area contributed by atoms with E-state index >= 15 is 0 Å². The molecule has 0 amide bonds. The molecule has 0 aliphatic heterocycles. The molecule has 0 fully saturated rings. The first kappa shape index (κ1) is 36.1. The number of thiophene rings is 1. The van der Waals surface area contributed by atoms with E-state index in [-0.39, 0.29) is 0 Å². The second-order valence-corrected chi connectivity index (χ2v) is 17.9. The number of hydrogen-bond acceptors (Lipinski definition) is 4. The summed E-state index contributed by atoms with van der Waals surface area (Å²) in [5.74, 6) is 0.687. The van der Waals surface area contributed by atoms with Gasteiger partial charge in [-0.05, 0) is 81.4 Å². The minimum absolute atomic E-state index is 0.687. The molecule has 0 N–H and O–H groups in total. The quantitative estimate of drug-likeness (QED) is 0.162. The lowest BCUT2D eigenvalue weighted by atomic mass is 9.91. The van der Waals surface area contributed by atoms with E-state index in [0.717, 1.165) is 72.0 Å². The van der Waals surface area contributed by atoms with Gasteiger partial charge in [0.1, 0.15) is 11.2 Å². The van der Waals surface area contributed by atoms with Crippen LogP contribution in [0.25, 0.3) is 136 Å². The van der Waals surface area contributed by atoms with Crippen LogP contribution in [0.2, 0.25) is 0 Å². The smallest absolute Gasteiger partial charge is 0.159 e. The average molecular weight is 846 g/mol. The summed E-state index contributed by atoms with van der Waals surface area (Å²) >= 11 is 1.86. The Balaban J connectivity index is 1.04. The van der Waals surface area contributed by atoms with Crippen molar-refractivity contribution in [3.63, 3.8) is 0 Å². The Labute approximate surface area is 376 Å². The molecule has 4 aromatic heterocycles. The van der Waals surface area contributed by atoms with Gasteiger partial charge >= 0.3 is 0 Å². The highest BCUT2D eigenvalue weighted by Gasteiger charge is 2.25. The third-order valence-electron chi connectivity index (χ3n) is 13.2. The molecule has 4 heterocycles. The number of para-hydroxylation sites is 1. The molecule has 14 aromatic rings. The fourth-order valence-electron chi connectivity index (χ4n) is 10.4. The zero-order valence-electron chi connectivity index (χ0n) is 34.9. The summed E-state index contributed by atoms with van der Waals surface area (Å²) in [7, 11) is 0. The van der Waals surface area contributed by atoms with Gasteiger partial charge in [0.15, 0.2) is 5.82 Å². The largest absolute Gasteiger partial charge is 0.455 e. The standard InChI is InChI=1S/C60H35N3OS/c1-3-16-36(17-4-1)48-35-61-60(62-57(48)37-18-5-2-6-19-37)38-30-32-39(33-31-38)63-49-27-13-11-24-45(49)53-47(34-52-55(58(53)63)46-25-12-14-29-51(46)65-52)43-26-15-28-50-54(43)56-42-22-9-7-20-40(42)41-21-8-10-23-44(41)59(56)64-50/h1-35H. The van der Waals surface area contributed by atoms with Crippen LogP contribution >= 0.6 is 11.3 Å². The molecule has 0 radical (unpaired) electrons. The number of rotatable bonds is 5. The van der Waals surface area contributed by atoms with Gasteiger partial charge in [0, 0.05) is 75.7 Å². The fraction of sp³-hybridized carbons (Fsp3) is 0. The molecule has 65 heavy (non-hydrogen) atoms. The second kappa shape index (κ2) is 14.1. The van der Waals surface area contributed by atoms with Crippen LogP contribution < -0.4 is 0 Å². The lowest BCUT2D eigenvalue weighted by molar-refractivity contribution is 0.673. The number of nitrogens with zero attached hydrogens (tertiary/aromatic N) is 3. The number of fused-ring (bicyclic) bond motifs is 15. The Morgan fingerprint density at radius 3 is 1.85 bits per heavy atom. The number of hydrogen-bond donors (Lipinski definition) is 0. The van der Waals surface area contributed by atoms with Gasteiger partial charge in [0.05, 0.1) is 16.7 Å². The van der Waals surface area contributed by atoms with Crippen molar-refractivity contribution < 1.29 is 4.42 Å². The van der Waals surface area contributed by atoms with E-state index in [1.165, 1.54) is 58.2 Å². The van der Waals surface area contributed by atoms with E-state index in [1.807, 2.05) is 29.7 Å². The maximum atomic E-state index is 6.94. The first-order chi connectivity index (χ1) is 32.3. The molecule has 14 rings (SSSR count). The van der Waals surface area contributed by atoms with E-state index in [4.69, 9.17) is 14.4 Å². The van der Waals surface area contributed by atoms with Crippen molar-refractivity contribution >= 4 is 96.8 Å². The number of furan rings is 1. The molecule has 0 spiro atoms. The molecule has 302 valence electrons. The van der Waals surface area contributed by atoms with Crippen LogP contribution in [0, 0.1) is 0 Å². The average Bonchev–Trinajstić information content (AvgIpc) is 4.07. The van der Waals surface area contributed by atoms with Crippen molar-refractivity contribution in [2.45, 2.75) is 0 Å². The van der Waals surface area contributed by atoms with Crippen LogP contribution in [0.4, 0.5) is 0 Å². The lowest BCUT2D eigenvalue weighted by Crippen LogP contribution is -1.97. The van der Waals surface area contributed by atoms with Crippen LogP contribution in [0.1, 0.15) is 0 Å². The Morgan fingerprint density at radius 1 is 0.415 bits per heavy atom. The van der Waals surface area contributed by atoms with Gasteiger partial charge in [0.2, 0.25) is 0 Å². The maximum absolute atomic E-state index is 6.94. The summed E-state index contributed by atoms with van der Waals surface area (Å²) in [5.41, 5.74) is 12.6. The molecule has 0 unspecified atom stereocenters. The van der Waals surface area contributed by atoms with E-state index in [1.54, 1.807) is 0 Å². The minimum Gasteiger partial charge on any atom is -0.455 e. The number of aromatic nitrogens is 3. The van der Waals surface area contributed by atoms with Gasteiger partial charge in [-0.1, -0.05) is 158 Å². The Kier molecular flexibility index (Phi) is 7.82. The predicted octanol–water partition coefficient (Wildman–Crippen LogP) is 16.8. The molecule has 0 aliphatic carbocycles. The highest BCUT2D eigenvalue weighted by atomic mass is 32.1. The summed E-state index contributed by atoms with van der Waals surface area (Å²) in [6.07, 6.45) is 1.97. The molecule has 4 nitrogen and oxygen atoms in total. The third kappa shape index (κ3) is 5.37. The van der Waals surface area contributed by atoms with Gasteiger partial charge < -0.3 is 8.98 Å². The summed E-state index contributed by atoms with van der Waals surface area (Å²) in [4.78, 5) is 10.2. The Hall–Kier alpha value is -8.38. The summed E-state index contributed by atoms with van der Waals surface area (Å²) in [5, 5.41) is 12.0. The Morgan fingerprint density at radius 2 is 1.06 bits per heavy atom. The number of benzene rings is 10. The molecular formula is C60H35N3OS. The molecule has 0 saturated carbocycles. The fourth-order valence-corrected chi connectivity index (χ4v) is 11.6. The normalized spacial score (nSPS) is 12.0. The minimum atomic E-state index is 0.687. The van der Waals surface area contributed by atoms with E-state index in [0.29, 0.717) is 5.82 Å². The lowest BCUT2D eigenvalue weighted by Gasteiger charge is -2.13.